The molecule has 0 saturated carbocycles. The minimum absolute atomic E-state index is 0.00987. The number of hydrogen-bond donors (Lipinski definition) is 3. The number of ether oxygens (including phenoxy) is 1. The number of benzene rings is 3. The van der Waals surface area contributed by atoms with Crippen LogP contribution in [0.1, 0.15) is 20.7 Å². The smallest absolute Gasteiger partial charge is 0.335 e. The van der Waals surface area contributed by atoms with Crippen molar-refractivity contribution in [2.45, 2.75) is 9.79 Å². The van der Waals surface area contributed by atoms with Gasteiger partial charge in [-0.15, -0.1) is 0 Å². The zero-order valence-corrected chi connectivity index (χ0v) is 17.8. The van der Waals surface area contributed by atoms with Gasteiger partial charge in [0.1, 0.15) is 5.75 Å². The van der Waals surface area contributed by atoms with Gasteiger partial charge in [0.25, 0.3) is 11.6 Å². The molecule has 3 aromatic carbocycles. The van der Waals surface area contributed by atoms with Crippen LogP contribution in [-0.4, -0.2) is 37.4 Å². The maximum Gasteiger partial charge on any atom is 0.335 e. The minimum Gasteiger partial charge on any atom is -0.495 e. The van der Waals surface area contributed by atoms with Crippen molar-refractivity contribution in [3.8, 4) is 5.75 Å². The Morgan fingerprint density at radius 3 is 2.33 bits per heavy atom. The van der Waals surface area contributed by atoms with E-state index in [1.165, 1.54) is 37.4 Å². The summed E-state index contributed by atoms with van der Waals surface area (Å²) in [6.45, 7) is 0. The monoisotopic (exact) mass is 471 g/mol. The number of carboxylic acids is 1. The van der Waals surface area contributed by atoms with Gasteiger partial charge in [0.05, 0.1) is 38.6 Å². The summed E-state index contributed by atoms with van der Waals surface area (Å²) >= 11 is 0. The number of anilines is 2. The second-order valence-corrected chi connectivity index (χ2v) is 8.57. The quantitative estimate of drug-likeness (QED) is 0.265. The number of nitrogen functional groups attached to an aromatic ring is 1. The Labute approximate surface area is 187 Å². The SMILES string of the molecule is COc1ccc(C(=O)O)cc1NC(=O)c1c(N)cccc1S(=O)(=O)c1ccc([N+](=O)[O-])cc1. The van der Waals surface area contributed by atoms with E-state index in [0.717, 1.165) is 30.3 Å². The molecule has 11 nitrogen and oxygen atoms in total. The number of sulfone groups is 1. The normalized spacial score (nSPS) is 10.9. The summed E-state index contributed by atoms with van der Waals surface area (Å²) in [5.41, 5.74) is 4.95. The number of aromatic carboxylic acids is 1. The summed E-state index contributed by atoms with van der Waals surface area (Å²) in [5, 5.41) is 22.5. The van der Waals surface area contributed by atoms with Crippen LogP contribution in [0.4, 0.5) is 17.1 Å². The van der Waals surface area contributed by atoms with Gasteiger partial charge in [-0.3, -0.25) is 14.9 Å². The van der Waals surface area contributed by atoms with Crippen molar-refractivity contribution in [2.24, 2.45) is 0 Å². The highest BCUT2D eigenvalue weighted by atomic mass is 32.2. The van der Waals surface area contributed by atoms with Crippen LogP contribution in [0.15, 0.2) is 70.5 Å². The van der Waals surface area contributed by atoms with Gasteiger partial charge >= 0.3 is 5.97 Å². The van der Waals surface area contributed by atoms with E-state index in [1.54, 1.807) is 0 Å². The van der Waals surface area contributed by atoms with Crippen LogP contribution in [0.2, 0.25) is 0 Å². The van der Waals surface area contributed by atoms with E-state index < -0.39 is 31.5 Å². The molecule has 0 aliphatic carbocycles. The number of carbonyl (C=O) groups is 2. The van der Waals surface area contributed by atoms with E-state index in [2.05, 4.69) is 5.32 Å². The molecule has 0 unspecified atom stereocenters. The molecule has 170 valence electrons. The Kier molecular flexibility index (Phi) is 6.31. The number of non-ortho nitro benzene ring substituents is 1. The fourth-order valence-corrected chi connectivity index (χ4v) is 4.50. The van der Waals surface area contributed by atoms with Crippen molar-refractivity contribution < 1.29 is 32.8 Å². The van der Waals surface area contributed by atoms with Gasteiger partial charge in [-0.05, 0) is 42.5 Å². The molecule has 0 aliphatic heterocycles. The van der Waals surface area contributed by atoms with Crippen molar-refractivity contribution >= 4 is 38.8 Å². The Morgan fingerprint density at radius 2 is 1.76 bits per heavy atom. The predicted octanol–water partition coefficient (Wildman–Crippen LogP) is 2.97. The van der Waals surface area contributed by atoms with E-state index in [9.17, 15) is 33.2 Å². The van der Waals surface area contributed by atoms with Crippen LogP contribution in [0.3, 0.4) is 0 Å². The second-order valence-electron chi connectivity index (χ2n) is 6.65. The molecular formula is C21H17N3O8S. The number of nitro groups is 1. The number of carbonyl (C=O) groups excluding carboxylic acids is 1. The molecule has 4 N–H and O–H groups in total. The fraction of sp³-hybridized carbons (Fsp3) is 0.0476. The van der Waals surface area contributed by atoms with E-state index in [4.69, 9.17) is 10.5 Å². The molecule has 0 bridgehead atoms. The maximum absolute atomic E-state index is 13.2. The topological polar surface area (TPSA) is 179 Å². The lowest BCUT2D eigenvalue weighted by Crippen LogP contribution is -2.19. The van der Waals surface area contributed by atoms with Crippen LogP contribution >= 0.6 is 0 Å². The number of nitrogens with zero attached hydrogens (tertiary/aromatic N) is 1. The lowest BCUT2D eigenvalue weighted by molar-refractivity contribution is -0.384. The van der Waals surface area contributed by atoms with Crippen molar-refractivity contribution in [2.75, 3.05) is 18.2 Å². The molecule has 0 aromatic heterocycles. The molecule has 0 fully saturated rings. The number of amides is 1. The van der Waals surface area contributed by atoms with E-state index in [-0.39, 0.29) is 38.8 Å². The Bertz CT molecular complexity index is 1370. The first kappa shape index (κ1) is 23.2. The molecule has 0 atom stereocenters. The van der Waals surface area contributed by atoms with Crippen LogP contribution in [0, 0.1) is 10.1 Å². The standard InChI is InChI=1S/C21H17N3O8S/c1-32-17-10-5-12(21(26)27)11-16(17)23-20(25)19-15(22)3-2-4-18(19)33(30,31)14-8-6-13(7-9-14)24(28)29/h2-11H,22H2,1H3,(H,23,25)(H,26,27). The first-order chi connectivity index (χ1) is 15.6. The number of rotatable bonds is 7. The number of nitro benzene ring substituents is 1. The fourth-order valence-electron chi connectivity index (χ4n) is 3.01. The van der Waals surface area contributed by atoms with Gasteiger partial charge in [0.2, 0.25) is 9.84 Å². The van der Waals surface area contributed by atoms with Gasteiger partial charge in [-0.2, -0.15) is 0 Å². The molecule has 0 aliphatic rings. The summed E-state index contributed by atoms with van der Waals surface area (Å²) in [6.07, 6.45) is 0. The third kappa shape index (κ3) is 4.60. The Morgan fingerprint density at radius 1 is 1.09 bits per heavy atom. The van der Waals surface area contributed by atoms with Crippen LogP contribution in [0.25, 0.3) is 0 Å². The summed E-state index contributed by atoms with van der Waals surface area (Å²) < 4.78 is 31.5. The molecule has 0 spiro atoms. The van der Waals surface area contributed by atoms with Crippen molar-refractivity contribution in [1.29, 1.82) is 0 Å². The van der Waals surface area contributed by atoms with Crippen LogP contribution in [0.5, 0.6) is 5.75 Å². The third-order valence-electron chi connectivity index (χ3n) is 4.63. The highest BCUT2D eigenvalue weighted by molar-refractivity contribution is 7.91. The molecule has 3 rings (SSSR count). The van der Waals surface area contributed by atoms with E-state index in [0.29, 0.717) is 0 Å². The van der Waals surface area contributed by atoms with Crippen LogP contribution < -0.4 is 15.8 Å². The molecule has 0 saturated heterocycles. The number of nitrogens with two attached hydrogens (primary N) is 1. The number of methoxy groups -OCH3 is 1. The molecule has 12 heteroatoms. The number of hydrogen-bond acceptors (Lipinski definition) is 8. The van der Waals surface area contributed by atoms with Gasteiger partial charge in [-0.1, -0.05) is 6.07 Å². The van der Waals surface area contributed by atoms with Gasteiger partial charge in [0, 0.05) is 17.8 Å². The molecule has 0 heterocycles. The van der Waals surface area contributed by atoms with Gasteiger partial charge in [0.15, 0.2) is 0 Å². The summed E-state index contributed by atoms with van der Waals surface area (Å²) in [7, 11) is -2.99. The summed E-state index contributed by atoms with van der Waals surface area (Å²) in [5.74, 6) is -2.02. The largest absolute Gasteiger partial charge is 0.495 e. The first-order valence-corrected chi connectivity index (χ1v) is 10.6. The maximum atomic E-state index is 13.2. The number of nitrogens with one attached hydrogen (secondary N) is 1. The van der Waals surface area contributed by atoms with Crippen molar-refractivity contribution in [1.82, 2.24) is 0 Å². The second kappa shape index (κ2) is 8.96. The van der Waals surface area contributed by atoms with Gasteiger partial charge < -0.3 is 20.9 Å². The Balaban J connectivity index is 2.07. The lowest BCUT2D eigenvalue weighted by Gasteiger charge is -2.15. The van der Waals surface area contributed by atoms with Gasteiger partial charge in [-0.25, -0.2) is 13.2 Å². The zero-order chi connectivity index (χ0) is 24.3. The molecular weight excluding hydrogens is 454 g/mol. The molecule has 0 radical (unpaired) electrons. The molecule has 33 heavy (non-hydrogen) atoms. The first-order valence-electron chi connectivity index (χ1n) is 9.17. The molecule has 3 aromatic rings. The van der Waals surface area contributed by atoms with Crippen LogP contribution in [-0.2, 0) is 9.84 Å². The van der Waals surface area contributed by atoms with E-state index in [1.807, 2.05) is 0 Å². The highest BCUT2D eigenvalue weighted by Gasteiger charge is 2.27. The highest BCUT2D eigenvalue weighted by Crippen LogP contribution is 2.31. The third-order valence-corrected chi connectivity index (χ3v) is 6.44. The molecule has 1 amide bonds. The zero-order valence-electron chi connectivity index (χ0n) is 17.0. The summed E-state index contributed by atoms with van der Waals surface area (Å²) in [6, 6.07) is 11.8. The van der Waals surface area contributed by atoms with Crippen molar-refractivity contribution in [3.63, 3.8) is 0 Å². The summed E-state index contributed by atoms with van der Waals surface area (Å²) in [4.78, 5) is 33.8. The average Bonchev–Trinajstić information content (AvgIpc) is 2.78. The minimum atomic E-state index is -4.30. The lowest BCUT2D eigenvalue weighted by atomic mass is 10.1. The average molecular weight is 471 g/mol. The van der Waals surface area contributed by atoms with Crippen molar-refractivity contribution in [3.05, 3.63) is 81.9 Å². The van der Waals surface area contributed by atoms with E-state index >= 15 is 0 Å². The number of carboxylic acid groups (broad SMARTS) is 1. The predicted molar refractivity (Wildman–Crippen MR) is 117 cm³/mol. The Hall–Kier alpha value is -4.45.